The van der Waals surface area contributed by atoms with Gasteiger partial charge in [0.1, 0.15) is 0 Å². The lowest BCUT2D eigenvalue weighted by molar-refractivity contribution is -0.159. The molecule has 2 aliphatic heterocycles. The average Bonchev–Trinajstić information content (AvgIpc) is 2.46. The Hall–Kier alpha value is -1.16. The lowest BCUT2D eigenvalue weighted by Gasteiger charge is -2.55. The van der Waals surface area contributed by atoms with Gasteiger partial charge in [0, 0.05) is 44.7 Å². The summed E-state index contributed by atoms with van der Waals surface area (Å²) in [5.41, 5.74) is -0.255. The minimum absolute atomic E-state index is 0.0658. The first-order valence-corrected chi connectivity index (χ1v) is 7.96. The van der Waals surface area contributed by atoms with E-state index >= 15 is 0 Å². The van der Waals surface area contributed by atoms with Crippen molar-refractivity contribution in [2.45, 2.75) is 44.2 Å². The Morgan fingerprint density at radius 2 is 2.18 bits per heavy atom. The summed E-state index contributed by atoms with van der Waals surface area (Å²) < 4.78 is 10.7. The molecule has 0 aliphatic carbocycles. The zero-order chi connectivity index (χ0) is 16.2. The second-order valence-corrected chi connectivity index (χ2v) is 6.94. The number of piperazine rings is 1. The van der Waals surface area contributed by atoms with Crippen LogP contribution in [0.2, 0.25) is 0 Å². The molecule has 0 saturated carbocycles. The minimum atomic E-state index is -0.190. The topological polar surface area (TPSA) is 65.8 Å². The van der Waals surface area contributed by atoms with Crippen molar-refractivity contribution in [3.05, 3.63) is 0 Å². The van der Waals surface area contributed by atoms with Gasteiger partial charge in [-0.1, -0.05) is 0 Å². The summed E-state index contributed by atoms with van der Waals surface area (Å²) in [7, 11) is 1.44. The van der Waals surface area contributed by atoms with E-state index in [1.54, 1.807) is 0 Å². The van der Waals surface area contributed by atoms with Crippen LogP contribution in [0.5, 0.6) is 0 Å². The summed E-state index contributed by atoms with van der Waals surface area (Å²) in [6.45, 7) is 8.66. The molecule has 2 heterocycles. The smallest absolute Gasteiger partial charge is 0.319 e. The van der Waals surface area contributed by atoms with Crippen LogP contribution in [0.4, 0.5) is 0 Å². The first-order valence-electron chi connectivity index (χ1n) is 7.96. The summed E-state index contributed by atoms with van der Waals surface area (Å²) in [5, 5.41) is 8.82. The van der Waals surface area contributed by atoms with Crippen LogP contribution in [0.1, 0.15) is 33.1 Å². The molecule has 0 aromatic carbocycles. The maximum atomic E-state index is 11.8. The van der Waals surface area contributed by atoms with Crippen LogP contribution < -0.4 is 0 Å². The quantitative estimate of drug-likeness (QED) is 0.722. The van der Waals surface area contributed by atoms with E-state index in [-0.39, 0.29) is 17.1 Å². The second-order valence-electron chi connectivity index (χ2n) is 6.94. The lowest BCUT2D eigenvalue weighted by Crippen LogP contribution is -2.67. The highest BCUT2D eigenvalue weighted by atomic mass is 16.5. The van der Waals surface area contributed by atoms with E-state index < -0.39 is 0 Å². The van der Waals surface area contributed by atoms with Crippen LogP contribution >= 0.6 is 0 Å². The molecule has 0 aromatic rings. The molecule has 124 valence electrons. The zero-order valence-corrected chi connectivity index (χ0v) is 13.9. The van der Waals surface area contributed by atoms with Gasteiger partial charge in [-0.15, -0.1) is 0 Å². The molecule has 0 unspecified atom stereocenters. The van der Waals surface area contributed by atoms with E-state index in [1.807, 2.05) is 0 Å². The van der Waals surface area contributed by atoms with Crippen LogP contribution in [0.3, 0.4) is 0 Å². The largest absolute Gasteiger partial charge is 0.468 e. The highest BCUT2D eigenvalue weighted by Crippen LogP contribution is 2.38. The first-order chi connectivity index (χ1) is 10.4. The third-order valence-corrected chi connectivity index (χ3v) is 4.78. The minimum Gasteiger partial charge on any atom is -0.468 e. The zero-order valence-electron chi connectivity index (χ0n) is 13.9. The molecule has 2 fully saturated rings. The van der Waals surface area contributed by atoms with E-state index in [0.29, 0.717) is 19.6 Å². The molecular formula is C16H27N3O3. The first kappa shape index (κ1) is 17.2. The molecule has 2 saturated heterocycles. The number of esters is 1. The van der Waals surface area contributed by atoms with Crippen molar-refractivity contribution in [3.63, 3.8) is 0 Å². The standard InChI is InChI=1S/C16H27N3O3/c1-15(2)12-16(5-10-22-15)13-18(7-4-6-17)8-9-19(16)11-14(20)21-3/h4-5,7-13H2,1-3H3/t16-/m0/s1. The summed E-state index contributed by atoms with van der Waals surface area (Å²) in [5.74, 6) is -0.186. The third kappa shape index (κ3) is 3.97. The molecule has 2 aliphatic rings. The highest BCUT2D eigenvalue weighted by Gasteiger charge is 2.48. The molecule has 6 nitrogen and oxygen atoms in total. The molecule has 0 N–H and O–H groups in total. The average molecular weight is 309 g/mol. The number of carbonyl (C=O) groups excluding carboxylic acids is 1. The third-order valence-electron chi connectivity index (χ3n) is 4.78. The fourth-order valence-electron chi connectivity index (χ4n) is 3.81. The lowest BCUT2D eigenvalue weighted by atomic mass is 9.78. The number of hydrogen-bond donors (Lipinski definition) is 0. The van der Waals surface area contributed by atoms with Gasteiger partial charge in [-0.3, -0.25) is 14.6 Å². The monoisotopic (exact) mass is 309 g/mol. The van der Waals surface area contributed by atoms with E-state index in [9.17, 15) is 4.79 Å². The Bertz CT molecular complexity index is 446. The Morgan fingerprint density at radius 3 is 2.82 bits per heavy atom. The van der Waals surface area contributed by atoms with Crippen molar-refractivity contribution >= 4 is 5.97 Å². The molecule has 0 radical (unpaired) electrons. The Balaban J connectivity index is 2.15. The molecule has 2 rings (SSSR count). The van der Waals surface area contributed by atoms with Crippen LogP contribution in [0.25, 0.3) is 0 Å². The van der Waals surface area contributed by atoms with Crippen molar-refractivity contribution in [1.82, 2.24) is 9.80 Å². The van der Waals surface area contributed by atoms with Crippen molar-refractivity contribution in [3.8, 4) is 6.07 Å². The number of methoxy groups -OCH3 is 1. The molecular weight excluding hydrogens is 282 g/mol. The Kier molecular flexibility index (Phi) is 5.43. The molecule has 0 bridgehead atoms. The SMILES string of the molecule is COC(=O)CN1CCN(CCC#N)C[C@@]12CCOC(C)(C)C2. The maximum Gasteiger partial charge on any atom is 0.319 e. The van der Waals surface area contributed by atoms with Gasteiger partial charge in [-0.05, 0) is 26.7 Å². The van der Waals surface area contributed by atoms with Gasteiger partial charge in [0.15, 0.2) is 0 Å². The van der Waals surface area contributed by atoms with Crippen LogP contribution in [0.15, 0.2) is 0 Å². The summed E-state index contributed by atoms with van der Waals surface area (Å²) in [4.78, 5) is 16.4. The van der Waals surface area contributed by atoms with E-state index in [0.717, 1.165) is 39.0 Å². The van der Waals surface area contributed by atoms with Gasteiger partial charge in [0.25, 0.3) is 0 Å². The molecule has 0 amide bonds. The fourth-order valence-corrected chi connectivity index (χ4v) is 3.81. The summed E-state index contributed by atoms with van der Waals surface area (Å²) in [6, 6.07) is 2.22. The van der Waals surface area contributed by atoms with Crippen molar-refractivity contribution in [2.24, 2.45) is 0 Å². The molecule has 0 aromatic heterocycles. The molecule has 22 heavy (non-hydrogen) atoms. The van der Waals surface area contributed by atoms with Gasteiger partial charge in [-0.2, -0.15) is 5.26 Å². The number of rotatable bonds is 4. The van der Waals surface area contributed by atoms with Crippen LogP contribution in [0, 0.1) is 11.3 Å². The number of carbonyl (C=O) groups is 1. The van der Waals surface area contributed by atoms with Crippen molar-refractivity contribution in [1.29, 1.82) is 5.26 Å². The fraction of sp³-hybridized carbons (Fsp3) is 0.875. The summed E-state index contributed by atoms with van der Waals surface area (Å²) in [6.07, 6.45) is 2.35. The van der Waals surface area contributed by atoms with Gasteiger partial charge in [-0.25, -0.2) is 0 Å². The second kappa shape index (κ2) is 6.95. The van der Waals surface area contributed by atoms with Gasteiger partial charge in [0.05, 0.1) is 25.3 Å². The number of ether oxygens (including phenoxy) is 2. The predicted octanol–water partition coefficient (Wildman–Crippen LogP) is 1.02. The highest BCUT2D eigenvalue weighted by molar-refractivity contribution is 5.71. The van der Waals surface area contributed by atoms with Crippen molar-refractivity contribution in [2.75, 3.05) is 46.4 Å². The maximum absolute atomic E-state index is 11.8. The number of nitrogens with zero attached hydrogens (tertiary/aromatic N) is 3. The Labute approximate surface area is 133 Å². The summed E-state index contributed by atoms with van der Waals surface area (Å²) >= 11 is 0. The van der Waals surface area contributed by atoms with Gasteiger partial charge >= 0.3 is 5.97 Å². The molecule has 6 heteroatoms. The Morgan fingerprint density at radius 1 is 1.41 bits per heavy atom. The van der Waals surface area contributed by atoms with Gasteiger partial charge < -0.3 is 9.47 Å². The predicted molar refractivity (Wildman–Crippen MR) is 82.3 cm³/mol. The number of hydrogen-bond acceptors (Lipinski definition) is 6. The van der Waals surface area contributed by atoms with Crippen molar-refractivity contribution < 1.29 is 14.3 Å². The van der Waals surface area contributed by atoms with Crippen LogP contribution in [-0.4, -0.2) is 73.3 Å². The van der Waals surface area contributed by atoms with E-state index in [4.69, 9.17) is 14.7 Å². The molecule has 1 atom stereocenters. The van der Waals surface area contributed by atoms with E-state index in [2.05, 4.69) is 29.7 Å². The normalized spacial score (nSPS) is 29.2. The van der Waals surface area contributed by atoms with E-state index in [1.165, 1.54) is 7.11 Å². The van der Waals surface area contributed by atoms with Crippen LogP contribution in [-0.2, 0) is 14.3 Å². The van der Waals surface area contributed by atoms with Gasteiger partial charge in [0.2, 0.25) is 0 Å². The number of nitriles is 1. The molecule has 1 spiro atoms.